The van der Waals surface area contributed by atoms with Crippen LogP contribution in [0.4, 0.5) is 0 Å². The van der Waals surface area contributed by atoms with Crippen LogP contribution in [0.25, 0.3) is 0 Å². The molecule has 0 spiro atoms. The highest BCUT2D eigenvalue weighted by Gasteiger charge is 2.33. The van der Waals surface area contributed by atoms with Crippen LogP contribution in [0, 0.1) is 11.3 Å². The number of carboxylic acid groups (broad SMARTS) is 1. The fourth-order valence-corrected chi connectivity index (χ4v) is 3.26. The number of aliphatic carboxylic acids is 1. The number of nitrogens with zero attached hydrogens (tertiary/aromatic N) is 2. The standard InChI is InChI=1S/C14H19N3O2S/c1-2-17(9-14(18)19)11-5-10(6-11)16-8-13-4-3-12(7-15)20-13/h3-4,10-11,16H,2,5-6,8-9H2,1H3,(H,18,19). The van der Waals surface area contributed by atoms with E-state index in [2.05, 4.69) is 11.4 Å². The van der Waals surface area contributed by atoms with Crippen molar-refractivity contribution in [2.75, 3.05) is 13.1 Å². The van der Waals surface area contributed by atoms with E-state index in [4.69, 9.17) is 10.4 Å². The van der Waals surface area contributed by atoms with Gasteiger partial charge in [-0.1, -0.05) is 6.92 Å². The molecule has 1 fully saturated rings. The fourth-order valence-electron chi connectivity index (χ4n) is 2.50. The number of hydrogen-bond acceptors (Lipinski definition) is 5. The van der Waals surface area contributed by atoms with Gasteiger partial charge in [-0.2, -0.15) is 5.26 Å². The molecule has 0 amide bonds. The highest BCUT2D eigenvalue weighted by Crippen LogP contribution is 2.26. The van der Waals surface area contributed by atoms with E-state index in [0.29, 0.717) is 12.1 Å². The summed E-state index contributed by atoms with van der Waals surface area (Å²) in [5, 5.41) is 21.1. The quantitative estimate of drug-likeness (QED) is 0.799. The predicted molar refractivity (Wildman–Crippen MR) is 77.6 cm³/mol. The van der Waals surface area contributed by atoms with E-state index in [-0.39, 0.29) is 6.54 Å². The molecule has 6 heteroatoms. The Hall–Kier alpha value is -1.42. The van der Waals surface area contributed by atoms with E-state index in [1.165, 1.54) is 16.2 Å². The summed E-state index contributed by atoms with van der Waals surface area (Å²) in [6.07, 6.45) is 2.00. The molecule has 0 atom stereocenters. The zero-order chi connectivity index (χ0) is 14.5. The minimum Gasteiger partial charge on any atom is -0.480 e. The Labute approximate surface area is 122 Å². The summed E-state index contributed by atoms with van der Waals surface area (Å²) in [7, 11) is 0. The smallest absolute Gasteiger partial charge is 0.317 e. The summed E-state index contributed by atoms with van der Waals surface area (Å²) in [6.45, 7) is 3.69. The molecule has 1 saturated carbocycles. The average molecular weight is 293 g/mol. The zero-order valence-electron chi connectivity index (χ0n) is 11.5. The summed E-state index contributed by atoms with van der Waals surface area (Å²) in [6, 6.07) is 6.80. The molecule has 20 heavy (non-hydrogen) atoms. The Kier molecular flexibility index (Phi) is 5.12. The minimum absolute atomic E-state index is 0.129. The van der Waals surface area contributed by atoms with Gasteiger partial charge in [0.1, 0.15) is 10.9 Å². The van der Waals surface area contributed by atoms with Gasteiger partial charge >= 0.3 is 5.97 Å². The second-order valence-electron chi connectivity index (χ2n) is 5.04. The molecule has 0 bridgehead atoms. The molecule has 1 aliphatic carbocycles. The zero-order valence-corrected chi connectivity index (χ0v) is 12.3. The number of nitriles is 1. The van der Waals surface area contributed by atoms with E-state index in [0.717, 1.165) is 30.8 Å². The first-order valence-corrected chi connectivity index (χ1v) is 7.62. The molecule has 2 rings (SSSR count). The molecule has 0 radical (unpaired) electrons. The summed E-state index contributed by atoms with van der Waals surface area (Å²) in [5.74, 6) is -0.758. The number of thiophene rings is 1. The molecule has 0 unspecified atom stereocenters. The molecule has 5 nitrogen and oxygen atoms in total. The van der Waals surface area contributed by atoms with Crippen molar-refractivity contribution in [3.8, 4) is 6.07 Å². The van der Waals surface area contributed by atoms with Crippen molar-refractivity contribution in [1.29, 1.82) is 5.26 Å². The highest BCUT2D eigenvalue weighted by atomic mass is 32.1. The summed E-state index contributed by atoms with van der Waals surface area (Å²) in [5.41, 5.74) is 0. The molecule has 2 N–H and O–H groups in total. The molecule has 1 aromatic heterocycles. The average Bonchev–Trinajstić information content (AvgIpc) is 2.82. The molecule has 1 aromatic rings. The third kappa shape index (κ3) is 3.79. The van der Waals surface area contributed by atoms with Gasteiger partial charge in [-0.25, -0.2) is 0 Å². The van der Waals surface area contributed by atoms with Crippen molar-refractivity contribution < 1.29 is 9.90 Å². The first kappa shape index (κ1) is 15.0. The third-order valence-electron chi connectivity index (χ3n) is 3.71. The van der Waals surface area contributed by atoms with Gasteiger partial charge in [-0.15, -0.1) is 11.3 Å². The van der Waals surface area contributed by atoms with Crippen molar-refractivity contribution >= 4 is 17.3 Å². The lowest BCUT2D eigenvalue weighted by atomic mass is 9.85. The molecular weight excluding hydrogens is 274 g/mol. The number of rotatable bonds is 7. The van der Waals surface area contributed by atoms with E-state index < -0.39 is 5.97 Å². The van der Waals surface area contributed by atoms with E-state index >= 15 is 0 Å². The van der Waals surface area contributed by atoms with Crippen LogP contribution < -0.4 is 5.32 Å². The maximum absolute atomic E-state index is 10.8. The Bertz CT molecular complexity index is 503. The summed E-state index contributed by atoms with van der Waals surface area (Å²) >= 11 is 1.52. The van der Waals surface area contributed by atoms with Crippen molar-refractivity contribution in [3.05, 3.63) is 21.9 Å². The number of carboxylic acids is 1. The van der Waals surface area contributed by atoms with Crippen LogP contribution >= 0.6 is 11.3 Å². The number of nitrogens with one attached hydrogen (secondary N) is 1. The van der Waals surface area contributed by atoms with Crippen LogP contribution in [-0.4, -0.2) is 41.1 Å². The van der Waals surface area contributed by atoms with Gasteiger partial charge in [0, 0.05) is 23.5 Å². The van der Waals surface area contributed by atoms with Crippen molar-refractivity contribution in [1.82, 2.24) is 10.2 Å². The molecule has 0 saturated heterocycles. The van der Waals surface area contributed by atoms with Crippen LogP contribution in [0.5, 0.6) is 0 Å². The SMILES string of the molecule is CCN(CC(=O)O)C1CC(NCc2ccc(C#N)s2)C1. The van der Waals surface area contributed by atoms with Crippen LogP contribution in [0.2, 0.25) is 0 Å². The van der Waals surface area contributed by atoms with Gasteiger partial charge in [0.25, 0.3) is 0 Å². The molecule has 1 aliphatic rings. The number of likely N-dealkylation sites (N-methyl/N-ethyl adjacent to an activating group) is 1. The minimum atomic E-state index is -0.758. The lowest BCUT2D eigenvalue weighted by Gasteiger charge is -2.42. The molecule has 1 heterocycles. The Morgan fingerprint density at radius 3 is 2.90 bits per heavy atom. The van der Waals surface area contributed by atoms with Crippen LogP contribution in [0.3, 0.4) is 0 Å². The van der Waals surface area contributed by atoms with E-state index in [1.54, 1.807) is 0 Å². The lowest BCUT2D eigenvalue weighted by Crippen LogP contribution is -2.53. The Balaban J connectivity index is 1.71. The normalized spacial score (nSPS) is 21.4. The first-order chi connectivity index (χ1) is 9.62. The second-order valence-corrected chi connectivity index (χ2v) is 6.21. The number of carbonyl (C=O) groups is 1. The monoisotopic (exact) mass is 293 g/mol. The van der Waals surface area contributed by atoms with Gasteiger partial charge in [-0.3, -0.25) is 9.69 Å². The van der Waals surface area contributed by atoms with Crippen molar-refractivity contribution in [2.24, 2.45) is 0 Å². The molecule has 108 valence electrons. The van der Waals surface area contributed by atoms with E-state index in [1.807, 2.05) is 24.0 Å². The molecular formula is C14H19N3O2S. The predicted octanol–water partition coefficient (Wildman–Crippen LogP) is 1.65. The Morgan fingerprint density at radius 2 is 2.35 bits per heavy atom. The second kappa shape index (κ2) is 6.84. The number of hydrogen-bond donors (Lipinski definition) is 2. The van der Waals surface area contributed by atoms with Crippen LogP contribution in [0.15, 0.2) is 12.1 Å². The first-order valence-electron chi connectivity index (χ1n) is 6.80. The Morgan fingerprint density at radius 1 is 1.60 bits per heavy atom. The van der Waals surface area contributed by atoms with Gasteiger partial charge in [0.05, 0.1) is 6.54 Å². The maximum Gasteiger partial charge on any atom is 0.317 e. The van der Waals surface area contributed by atoms with Crippen molar-refractivity contribution in [2.45, 2.75) is 38.4 Å². The van der Waals surface area contributed by atoms with Crippen molar-refractivity contribution in [3.63, 3.8) is 0 Å². The lowest BCUT2D eigenvalue weighted by molar-refractivity contribution is -0.139. The van der Waals surface area contributed by atoms with Crippen LogP contribution in [0.1, 0.15) is 29.5 Å². The van der Waals surface area contributed by atoms with Gasteiger partial charge < -0.3 is 10.4 Å². The largest absolute Gasteiger partial charge is 0.480 e. The molecule has 0 aromatic carbocycles. The van der Waals surface area contributed by atoms with E-state index in [9.17, 15) is 4.79 Å². The highest BCUT2D eigenvalue weighted by molar-refractivity contribution is 7.12. The molecule has 0 aliphatic heterocycles. The fraction of sp³-hybridized carbons (Fsp3) is 0.571. The van der Waals surface area contributed by atoms with Gasteiger partial charge in [0.2, 0.25) is 0 Å². The summed E-state index contributed by atoms with van der Waals surface area (Å²) < 4.78 is 0. The van der Waals surface area contributed by atoms with Gasteiger partial charge in [-0.05, 0) is 31.5 Å². The van der Waals surface area contributed by atoms with Gasteiger partial charge in [0.15, 0.2) is 0 Å². The topological polar surface area (TPSA) is 76.4 Å². The van der Waals surface area contributed by atoms with Crippen LogP contribution in [-0.2, 0) is 11.3 Å². The maximum atomic E-state index is 10.8. The summed E-state index contributed by atoms with van der Waals surface area (Å²) in [4.78, 5) is 14.7. The third-order valence-corrected chi connectivity index (χ3v) is 4.70.